The van der Waals surface area contributed by atoms with Gasteiger partial charge in [-0.25, -0.2) is 0 Å². The summed E-state index contributed by atoms with van der Waals surface area (Å²) in [7, 11) is 5.57. The van der Waals surface area contributed by atoms with Gasteiger partial charge in [0.05, 0.1) is 7.11 Å². The Balaban J connectivity index is 1.57. The standard InChI is InChI=1S/C19H28N6O/c1-14-22-23-18-10-9-15(12-25(14)18)11-21-19(20-2)24(3)13-16-7-5-6-8-17(16)26-4/h5-8,15H,9-13H2,1-4H3,(H,20,21). The molecule has 0 amide bonds. The maximum Gasteiger partial charge on any atom is 0.193 e. The number of nitrogens with one attached hydrogen (secondary N) is 1. The predicted octanol–water partition coefficient (Wildman–Crippen LogP) is 1.86. The number of aromatic nitrogens is 3. The Morgan fingerprint density at radius 2 is 2.19 bits per heavy atom. The third-order valence-electron chi connectivity index (χ3n) is 4.95. The topological polar surface area (TPSA) is 67.6 Å². The number of rotatable bonds is 5. The van der Waals surface area contributed by atoms with E-state index < -0.39 is 0 Å². The molecule has 7 nitrogen and oxygen atoms in total. The number of methoxy groups -OCH3 is 1. The molecule has 1 aliphatic heterocycles. The summed E-state index contributed by atoms with van der Waals surface area (Å²) in [5.74, 6) is 4.45. The van der Waals surface area contributed by atoms with E-state index in [4.69, 9.17) is 4.74 Å². The molecule has 0 saturated heterocycles. The second-order valence-corrected chi connectivity index (χ2v) is 6.77. The number of fused-ring (bicyclic) bond motifs is 1. The lowest BCUT2D eigenvalue weighted by molar-refractivity contribution is 0.351. The lowest BCUT2D eigenvalue weighted by atomic mass is 9.99. The fourth-order valence-corrected chi connectivity index (χ4v) is 3.48. The van der Waals surface area contributed by atoms with E-state index in [2.05, 4.69) is 36.0 Å². The van der Waals surface area contributed by atoms with Crippen molar-refractivity contribution in [2.45, 2.75) is 32.9 Å². The van der Waals surface area contributed by atoms with E-state index in [1.165, 1.54) is 0 Å². The van der Waals surface area contributed by atoms with Gasteiger partial charge in [-0.15, -0.1) is 10.2 Å². The highest BCUT2D eigenvalue weighted by molar-refractivity contribution is 5.79. The highest BCUT2D eigenvalue weighted by Gasteiger charge is 2.22. The van der Waals surface area contributed by atoms with Crippen molar-refractivity contribution in [3.8, 4) is 5.75 Å². The summed E-state index contributed by atoms with van der Waals surface area (Å²) in [4.78, 5) is 6.56. The molecule has 0 fully saturated rings. The van der Waals surface area contributed by atoms with E-state index in [1.807, 2.05) is 39.2 Å². The zero-order valence-corrected chi connectivity index (χ0v) is 16.1. The average molecular weight is 356 g/mol. The SMILES string of the molecule is CN=C(NCC1CCc2nnc(C)n2C1)N(C)Cc1ccccc1OC. The number of nitrogens with zero attached hydrogens (tertiary/aromatic N) is 5. The molecule has 1 aromatic heterocycles. The van der Waals surface area contributed by atoms with Crippen molar-refractivity contribution in [1.82, 2.24) is 25.0 Å². The van der Waals surface area contributed by atoms with E-state index in [9.17, 15) is 0 Å². The van der Waals surface area contributed by atoms with Gasteiger partial charge >= 0.3 is 0 Å². The highest BCUT2D eigenvalue weighted by Crippen LogP contribution is 2.20. The monoisotopic (exact) mass is 356 g/mol. The second kappa shape index (κ2) is 8.21. The van der Waals surface area contributed by atoms with Gasteiger partial charge in [0.2, 0.25) is 0 Å². The summed E-state index contributed by atoms with van der Waals surface area (Å²) in [6.45, 7) is 4.61. The Bertz CT molecular complexity index is 769. The van der Waals surface area contributed by atoms with Crippen molar-refractivity contribution in [2.75, 3.05) is 27.7 Å². The summed E-state index contributed by atoms with van der Waals surface area (Å²) in [6, 6.07) is 8.09. The molecule has 3 rings (SSSR count). The molecule has 0 saturated carbocycles. The summed E-state index contributed by atoms with van der Waals surface area (Å²) in [6.07, 6.45) is 2.11. The van der Waals surface area contributed by atoms with Crippen LogP contribution >= 0.6 is 0 Å². The third kappa shape index (κ3) is 3.98. The second-order valence-electron chi connectivity index (χ2n) is 6.77. The molecular formula is C19H28N6O. The zero-order chi connectivity index (χ0) is 18.5. The Morgan fingerprint density at radius 3 is 2.96 bits per heavy atom. The minimum absolute atomic E-state index is 0.550. The van der Waals surface area contributed by atoms with Gasteiger partial charge in [-0.3, -0.25) is 4.99 Å². The number of ether oxygens (including phenoxy) is 1. The van der Waals surface area contributed by atoms with E-state index in [1.54, 1.807) is 7.11 Å². The normalized spacial score (nSPS) is 16.9. The van der Waals surface area contributed by atoms with Gasteiger partial charge in [0.1, 0.15) is 17.4 Å². The maximum atomic E-state index is 5.45. The molecule has 2 aromatic rings. The van der Waals surface area contributed by atoms with Crippen molar-refractivity contribution in [3.63, 3.8) is 0 Å². The number of hydrogen-bond donors (Lipinski definition) is 1. The molecular weight excluding hydrogens is 328 g/mol. The Hall–Kier alpha value is -2.57. The van der Waals surface area contributed by atoms with Crippen LogP contribution in [0, 0.1) is 12.8 Å². The van der Waals surface area contributed by atoms with E-state index in [0.717, 1.165) is 61.4 Å². The molecule has 0 bridgehead atoms. The Kier molecular flexibility index (Phi) is 5.75. The molecule has 26 heavy (non-hydrogen) atoms. The summed E-state index contributed by atoms with van der Waals surface area (Å²) < 4.78 is 7.68. The van der Waals surface area contributed by atoms with Crippen LogP contribution in [0.2, 0.25) is 0 Å². The third-order valence-corrected chi connectivity index (χ3v) is 4.95. The van der Waals surface area contributed by atoms with Gasteiger partial charge in [0, 0.05) is 45.7 Å². The van der Waals surface area contributed by atoms with Crippen molar-refractivity contribution >= 4 is 5.96 Å². The number of aliphatic imine (C=N–C) groups is 1. The molecule has 2 heterocycles. The first-order chi connectivity index (χ1) is 12.6. The minimum Gasteiger partial charge on any atom is -0.496 e. The first-order valence-electron chi connectivity index (χ1n) is 9.04. The van der Waals surface area contributed by atoms with Gasteiger partial charge in [-0.2, -0.15) is 0 Å². The molecule has 1 N–H and O–H groups in total. The summed E-state index contributed by atoms with van der Waals surface area (Å²) >= 11 is 0. The molecule has 1 aliphatic rings. The number of para-hydroxylation sites is 1. The average Bonchev–Trinajstić information content (AvgIpc) is 3.03. The number of guanidine groups is 1. The first kappa shape index (κ1) is 18.2. The summed E-state index contributed by atoms with van der Waals surface area (Å²) in [5, 5.41) is 11.9. The number of benzene rings is 1. The van der Waals surface area contributed by atoms with E-state index in [0.29, 0.717) is 5.92 Å². The number of hydrogen-bond acceptors (Lipinski definition) is 4. The van der Waals surface area contributed by atoms with Crippen molar-refractivity contribution < 1.29 is 4.74 Å². The van der Waals surface area contributed by atoms with E-state index >= 15 is 0 Å². The quantitative estimate of drug-likeness (QED) is 0.654. The zero-order valence-electron chi connectivity index (χ0n) is 16.1. The van der Waals surface area contributed by atoms with Gasteiger partial charge in [0.15, 0.2) is 5.96 Å². The van der Waals surface area contributed by atoms with Gasteiger partial charge < -0.3 is 19.5 Å². The smallest absolute Gasteiger partial charge is 0.193 e. The molecule has 7 heteroatoms. The van der Waals surface area contributed by atoms with Crippen molar-refractivity contribution in [3.05, 3.63) is 41.5 Å². The fraction of sp³-hybridized carbons (Fsp3) is 0.526. The van der Waals surface area contributed by atoms with Crippen LogP contribution in [0.15, 0.2) is 29.3 Å². The Labute approximate surface area is 155 Å². The molecule has 1 atom stereocenters. The van der Waals surface area contributed by atoms with Crippen LogP contribution in [-0.2, 0) is 19.5 Å². The molecule has 0 spiro atoms. The van der Waals surface area contributed by atoms with E-state index in [-0.39, 0.29) is 0 Å². The molecule has 1 unspecified atom stereocenters. The van der Waals surface area contributed by atoms with Crippen LogP contribution < -0.4 is 10.1 Å². The minimum atomic E-state index is 0.550. The van der Waals surface area contributed by atoms with Crippen LogP contribution in [0.25, 0.3) is 0 Å². The first-order valence-corrected chi connectivity index (χ1v) is 9.04. The predicted molar refractivity (Wildman–Crippen MR) is 102 cm³/mol. The van der Waals surface area contributed by atoms with Gasteiger partial charge in [0.25, 0.3) is 0 Å². The van der Waals surface area contributed by atoms with Crippen LogP contribution in [0.5, 0.6) is 5.75 Å². The van der Waals surface area contributed by atoms with Gasteiger partial charge in [-0.05, 0) is 25.3 Å². The lowest BCUT2D eigenvalue weighted by Crippen LogP contribution is -2.42. The molecule has 0 aliphatic carbocycles. The maximum absolute atomic E-state index is 5.45. The van der Waals surface area contributed by atoms with Crippen LogP contribution in [0.1, 0.15) is 23.6 Å². The Morgan fingerprint density at radius 1 is 1.38 bits per heavy atom. The van der Waals surface area contributed by atoms with Crippen LogP contribution in [-0.4, -0.2) is 53.4 Å². The molecule has 0 radical (unpaired) electrons. The number of aryl methyl sites for hydroxylation is 2. The molecule has 1 aromatic carbocycles. The fourth-order valence-electron chi connectivity index (χ4n) is 3.48. The summed E-state index contributed by atoms with van der Waals surface area (Å²) in [5.41, 5.74) is 1.14. The van der Waals surface area contributed by atoms with Gasteiger partial charge in [-0.1, -0.05) is 18.2 Å². The molecule has 140 valence electrons. The van der Waals surface area contributed by atoms with Crippen molar-refractivity contribution in [1.29, 1.82) is 0 Å². The van der Waals surface area contributed by atoms with Crippen LogP contribution in [0.4, 0.5) is 0 Å². The van der Waals surface area contributed by atoms with Crippen molar-refractivity contribution in [2.24, 2.45) is 10.9 Å². The lowest BCUT2D eigenvalue weighted by Gasteiger charge is -2.27. The van der Waals surface area contributed by atoms with Crippen LogP contribution in [0.3, 0.4) is 0 Å². The highest BCUT2D eigenvalue weighted by atomic mass is 16.5. The largest absolute Gasteiger partial charge is 0.496 e.